The van der Waals surface area contributed by atoms with Gasteiger partial charge in [0.15, 0.2) is 0 Å². The zero-order valence-electron chi connectivity index (χ0n) is 12.8. The molecular weight excluding hydrogens is 264 g/mol. The van der Waals surface area contributed by atoms with Crippen LogP contribution >= 0.6 is 0 Å². The predicted molar refractivity (Wildman–Crippen MR) is 82.1 cm³/mol. The maximum Gasteiger partial charge on any atom is 0.318 e. The average Bonchev–Trinajstić information content (AvgIpc) is 3.05. The quantitative estimate of drug-likeness (QED) is 0.879. The largest absolute Gasteiger partial charge is 0.388 e. The van der Waals surface area contributed by atoms with Crippen LogP contribution in [0.1, 0.15) is 50.3 Å². The van der Waals surface area contributed by atoms with Crippen LogP contribution in [0, 0.1) is 0 Å². The summed E-state index contributed by atoms with van der Waals surface area (Å²) >= 11 is 0. The Balaban J connectivity index is 1.70. The number of nitrogens with zero attached hydrogens (tertiary/aromatic N) is 1. The van der Waals surface area contributed by atoms with Crippen molar-refractivity contribution in [2.75, 3.05) is 6.54 Å². The van der Waals surface area contributed by atoms with Crippen LogP contribution in [0.25, 0.3) is 0 Å². The third-order valence-corrected chi connectivity index (χ3v) is 4.76. The molecule has 0 unspecified atom stereocenters. The molecule has 2 N–H and O–H groups in total. The fourth-order valence-corrected chi connectivity index (χ4v) is 3.68. The molecule has 3 rings (SSSR count). The third kappa shape index (κ3) is 2.77. The molecular formula is C17H24N2O2. The molecule has 1 heterocycles. The maximum atomic E-state index is 12.6. The number of likely N-dealkylation sites (tertiary alicyclic amines) is 1. The SMILES string of the molecule is CC(C)(O)[C@@H]1CCCN1C(=O)N[C@@H]1CCc2ccccc21. The first-order chi connectivity index (χ1) is 9.97. The number of urea groups is 1. The van der Waals surface area contributed by atoms with E-state index in [1.807, 2.05) is 12.1 Å². The molecule has 0 aromatic heterocycles. The van der Waals surface area contributed by atoms with Crippen LogP contribution in [0.5, 0.6) is 0 Å². The van der Waals surface area contributed by atoms with Gasteiger partial charge < -0.3 is 15.3 Å². The number of nitrogens with one attached hydrogen (secondary N) is 1. The second-order valence-corrected chi connectivity index (χ2v) is 6.74. The number of fused-ring (bicyclic) bond motifs is 1. The average molecular weight is 288 g/mol. The fourth-order valence-electron chi connectivity index (χ4n) is 3.68. The van der Waals surface area contributed by atoms with Gasteiger partial charge in [-0.15, -0.1) is 0 Å². The molecule has 114 valence electrons. The molecule has 1 aromatic carbocycles. The molecule has 0 saturated carbocycles. The van der Waals surface area contributed by atoms with Crippen molar-refractivity contribution in [3.63, 3.8) is 0 Å². The Kier molecular flexibility index (Phi) is 3.66. The standard InChI is InChI=1S/C17H24N2O2/c1-17(2,21)15-8-5-11-19(15)16(20)18-14-10-9-12-6-3-4-7-13(12)14/h3-4,6-7,14-15,21H,5,8-11H2,1-2H3,(H,18,20)/t14-,15+/m1/s1. The lowest BCUT2D eigenvalue weighted by Crippen LogP contribution is -2.51. The van der Waals surface area contributed by atoms with Gasteiger partial charge in [-0.25, -0.2) is 4.79 Å². The molecule has 4 nitrogen and oxygen atoms in total. The summed E-state index contributed by atoms with van der Waals surface area (Å²) in [6.45, 7) is 4.30. The van der Waals surface area contributed by atoms with Gasteiger partial charge in [0.1, 0.15) is 0 Å². The molecule has 0 bridgehead atoms. The highest BCUT2D eigenvalue weighted by Crippen LogP contribution is 2.32. The van der Waals surface area contributed by atoms with Crippen LogP contribution in [0.15, 0.2) is 24.3 Å². The highest BCUT2D eigenvalue weighted by molar-refractivity contribution is 5.75. The Bertz CT molecular complexity index is 536. The van der Waals surface area contributed by atoms with E-state index in [0.29, 0.717) is 0 Å². The van der Waals surface area contributed by atoms with Crippen molar-refractivity contribution in [3.8, 4) is 0 Å². The van der Waals surface area contributed by atoms with E-state index in [9.17, 15) is 9.90 Å². The van der Waals surface area contributed by atoms with Gasteiger partial charge in [0, 0.05) is 6.54 Å². The molecule has 2 amide bonds. The van der Waals surface area contributed by atoms with Gasteiger partial charge in [0.2, 0.25) is 0 Å². The lowest BCUT2D eigenvalue weighted by molar-refractivity contribution is 0.00945. The van der Waals surface area contributed by atoms with Crippen LogP contribution in [-0.2, 0) is 6.42 Å². The maximum absolute atomic E-state index is 12.6. The molecule has 1 saturated heterocycles. The number of aliphatic hydroxyl groups is 1. The van der Waals surface area contributed by atoms with Gasteiger partial charge in [0.05, 0.1) is 17.7 Å². The molecule has 1 aromatic rings. The number of benzene rings is 1. The Morgan fingerprint density at radius 3 is 2.86 bits per heavy atom. The normalized spacial score (nSPS) is 25.0. The van der Waals surface area contributed by atoms with Gasteiger partial charge in [-0.05, 0) is 50.7 Å². The smallest absolute Gasteiger partial charge is 0.318 e. The van der Waals surface area contributed by atoms with Gasteiger partial charge in [0.25, 0.3) is 0 Å². The summed E-state index contributed by atoms with van der Waals surface area (Å²) in [5.74, 6) is 0. The van der Waals surface area contributed by atoms with Gasteiger partial charge in [-0.3, -0.25) is 0 Å². The molecule has 2 aliphatic rings. The lowest BCUT2D eigenvalue weighted by Gasteiger charge is -2.34. The number of carbonyl (C=O) groups is 1. The zero-order chi connectivity index (χ0) is 15.0. The van der Waals surface area contributed by atoms with Crippen molar-refractivity contribution in [2.45, 2.75) is 57.2 Å². The Labute approximate surface area is 126 Å². The summed E-state index contributed by atoms with van der Waals surface area (Å²) in [5.41, 5.74) is 1.73. The van der Waals surface area contributed by atoms with Crippen molar-refractivity contribution < 1.29 is 9.90 Å². The first-order valence-electron chi connectivity index (χ1n) is 7.84. The molecule has 2 atom stereocenters. The molecule has 4 heteroatoms. The number of rotatable bonds is 2. The summed E-state index contributed by atoms with van der Waals surface area (Å²) in [6, 6.07) is 8.29. The number of amides is 2. The van der Waals surface area contributed by atoms with Crippen molar-refractivity contribution in [1.29, 1.82) is 0 Å². The van der Waals surface area contributed by atoms with Crippen molar-refractivity contribution >= 4 is 6.03 Å². The zero-order valence-corrected chi connectivity index (χ0v) is 12.8. The van der Waals surface area contributed by atoms with E-state index in [2.05, 4.69) is 17.4 Å². The fraction of sp³-hybridized carbons (Fsp3) is 0.588. The van der Waals surface area contributed by atoms with Crippen LogP contribution in [-0.4, -0.2) is 34.2 Å². The predicted octanol–water partition coefficient (Wildman–Crippen LogP) is 2.62. The van der Waals surface area contributed by atoms with Gasteiger partial charge >= 0.3 is 6.03 Å². The van der Waals surface area contributed by atoms with Crippen LogP contribution in [0.3, 0.4) is 0 Å². The minimum atomic E-state index is -0.846. The van der Waals surface area contributed by atoms with E-state index in [1.165, 1.54) is 11.1 Å². The number of carbonyl (C=O) groups excluding carboxylic acids is 1. The van der Waals surface area contributed by atoms with Crippen LogP contribution < -0.4 is 5.32 Å². The summed E-state index contributed by atoms with van der Waals surface area (Å²) in [6.07, 6.45) is 3.82. The van der Waals surface area contributed by atoms with Crippen LogP contribution in [0.4, 0.5) is 4.79 Å². The Morgan fingerprint density at radius 2 is 2.10 bits per heavy atom. The first-order valence-corrected chi connectivity index (χ1v) is 7.84. The first kappa shape index (κ1) is 14.4. The van der Waals surface area contributed by atoms with Gasteiger partial charge in [-0.2, -0.15) is 0 Å². The van der Waals surface area contributed by atoms with Crippen molar-refractivity contribution in [3.05, 3.63) is 35.4 Å². The highest BCUT2D eigenvalue weighted by atomic mass is 16.3. The van der Waals surface area contributed by atoms with E-state index in [4.69, 9.17) is 0 Å². The van der Waals surface area contributed by atoms with E-state index in [1.54, 1.807) is 18.7 Å². The second-order valence-electron chi connectivity index (χ2n) is 6.74. The third-order valence-electron chi connectivity index (χ3n) is 4.76. The minimum Gasteiger partial charge on any atom is -0.388 e. The van der Waals surface area contributed by atoms with E-state index >= 15 is 0 Å². The highest BCUT2D eigenvalue weighted by Gasteiger charge is 2.39. The molecule has 1 fully saturated rings. The Morgan fingerprint density at radius 1 is 1.33 bits per heavy atom. The topological polar surface area (TPSA) is 52.6 Å². The minimum absolute atomic E-state index is 0.0404. The summed E-state index contributed by atoms with van der Waals surface area (Å²) in [4.78, 5) is 14.4. The number of hydrogen-bond acceptors (Lipinski definition) is 2. The van der Waals surface area contributed by atoms with Crippen molar-refractivity contribution in [2.24, 2.45) is 0 Å². The molecule has 0 spiro atoms. The molecule has 0 radical (unpaired) electrons. The number of hydrogen-bond donors (Lipinski definition) is 2. The summed E-state index contributed by atoms with van der Waals surface area (Å²) < 4.78 is 0. The van der Waals surface area contributed by atoms with Gasteiger partial charge in [-0.1, -0.05) is 24.3 Å². The Hall–Kier alpha value is -1.55. The summed E-state index contributed by atoms with van der Waals surface area (Å²) in [7, 11) is 0. The monoisotopic (exact) mass is 288 g/mol. The molecule has 1 aliphatic heterocycles. The number of aryl methyl sites for hydroxylation is 1. The summed E-state index contributed by atoms with van der Waals surface area (Å²) in [5, 5.41) is 13.4. The molecule has 21 heavy (non-hydrogen) atoms. The molecule has 1 aliphatic carbocycles. The van der Waals surface area contributed by atoms with E-state index in [-0.39, 0.29) is 18.1 Å². The van der Waals surface area contributed by atoms with Crippen LogP contribution in [0.2, 0.25) is 0 Å². The van der Waals surface area contributed by atoms with E-state index < -0.39 is 5.60 Å². The van der Waals surface area contributed by atoms with E-state index in [0.717, 1.165) is 32.2 Å². The second kappa shape index (κ2) is 5.34. The lowest BCUT2D eigenvalue weighted by atomic mass is 9.97. The van der Waals surface area contributed by atoms with Crippen molar-refractivity contribution in [1.82, 2.24) is 10.2 Å².